The second-order valence-electron chi connectivity index (χ2n) is 3.26. The summed E-state index contributed by atoms with van der Waals surface area (Å²) in [6.07, 6.45) is 4.16. The van der Waals surface area contributed by atoms with Gasteiger partial charge in [0.1, 0.15) is 6.10 Å². The van der Waals surface area contributed by atoms with Crippen LogP contribution >= 0.6 is 0 Å². The standard InChI is InChI=1S/C10H11NO2/c1-7(12)8-2-5-10(11-6-8)13-9-3-4-9/h2,5-6,9H,3-4H2,1H3. The van der Waals surface area contributed by atoms with Crippen molar-refractivity contribution in [1.82, 2.24) is 4.98 Å². The van der Waals surface area contributed by atoms with Crippen molar-refractivity contribution in [3.05, 3.63) is 23.9 Å². The zero-order chi connectivity index (χ0) is 9.26. The average molecular weight is 177 g/mol. The maximum atomic E-state index is 10.9. The fourth-order valence-electron chi connectivity index (χ4n) is 1.01. The second kappa shape index (κ2) is 3.17. The molecule has 0 amide bonds. The van der Waals surface area contributed by atoms with Crippen LogP contribution in [0.15, 0.2) is 18.3 Å². The quantitative estimate of drug-likeness (QED) is 0.661. The number of hydrogen-bond acceptors (Lipinski definition) is 3. The van der Waals surface area contributed by atoms with Gasteiger partial charge in [0.15, 0.2) is 5.78 Å². The Bertz CT molecular complexity index is 314. The summed E-state index contributed by atoms with van der Waals surface area (Å²) >= 11 is 0. The van der Waals surface area contributed by atoms with Gasteiger partial charge < -0.3 is 4.74 Å². The maximum Gasteiger partial charge on any atom is 0.213 e. The van der Waals surface area contributed by atoms with Crippen LogP contribution in [-0.2, 0) is 0 Å². The molecule has 68 valence electrons. The topological polar surface area (TPSA) is 39.2 Å². The average Bonchev–Trinajstić information content (AvgIpc) is 2.89. The third kappa shape index (κ3) is 2.05. The van der Waals surface area contributed by atoms with E-state index < -0.39 is 0 Å². The molecule has 0 spiro atoms. The maximum absolute atomic E-state index is 10.9. The summed E-state index contributed by atoms with van der Waals surface area (Å²) in [7, 11) is 0. The summed E-state index contributed by atoms with van der Waals surface area (Å²) in [5.41, 5.74) is 0.628. The number of aromatic nitrogens is 1. The fourth-order valence-corrected chi connectivity index (χ4v) is 1.01. The summed E-state index contributed by atoms with van der Waals surface area (Å²) in [6, 6.07) is 3.49. The van der Waals surface area contributed by atoms with Gasteiger partial charge in [-0.1, -0.05) is 0 Å². The van der Waals surface area contributed by atoms with E-state index in [0.717, 1.165) is 12.8 Å². The largest absolute Gasteiger partial charge is 0.474 e. The van der Waals surface area contributed by atoms with Crippen LogP contribution in [0, 0.1) is 0 Å². The van der Waals surface area contributed by atoms with Crippen LogP contribution in [-0.4, -0.2) is 16.9 Å². The molecule has 0 N–H and O–H groups in total. The molecule has 3 nitrogen and oxygen atoms in total. The van der Waals surface area contributed by atoms with Gasteiger partial charge in [-0.3, -0.25) is 4.79 Å². The van der Waals surface area contributed by atoms with E-state index in [-0.39, 0.29) is 5.78 Å². The fraction of sp³-hybridized carbons (Fsp3) is 0.400. The smallest absolute Gasteiger partial charge is 0.213 e. The number of ketones is 1. The van der Waals surface area contributed by atoms with Gasteiger partial charge in [0.25, 0.3) is 0 Å². The number of carbonyl (C=O) groups excluding carboxylic acids is 1. The summed E-state index contributed by atoms with van der Waals surface area (Å²) < 4.78 is 5.44. The lowest BCUT2D eigenvalue weighted by molar-refractivity contribution is 0.101. The van der Waals surface area contributed by atoms with E-state index in [2.05, 4.69) is 4.98 Å². The Kier molecular flexibility index (Phi) is 2.00. The third-order valence-electron chi connectivity index (χ3n) is 1.95. The van der Waals surface area contributed by atoms with Crippen molar-refractivity contribution in [2.24, 2.45) is 0 Å². The van der Waals surface area contributed by atoms with Crippen LogP contribution in [0.25, 0.3) is 0 Å². The van der Waals surface area contributed by atoms with Crippen molar-refractivity contribution in [3.8, 4) is 5.88 Å². The molecule has 13 heavy (non-hydrogen) atoms. The van der Waals surface area contributed by atoms with E-state index in [1.807, 2.05) is 0 Å². The first-order valence-electron chi connectivity index (χ1n) is 4.39. The first kappa shape index (κ1) is 8.23. The number of carbonyl (C=O) groups is 1. The molecule has 1 fully saturated rings. The minimum Gasteiger partial charge on any atom is -0.474 e. The number of pyridine rings is 1. The van der Waals surface area contributed by atoms with Crippen molar-refractivity contribution in [2.45, 2.75) is 25.9 Å². The van der Waals surface area contributed by atoms with E-state index in [0.29, 0.717) is 17.5 Å². The molecule has 0 aliphatic heterocycles. The molecule has 0 aromatic carbocycles. The number of Topliss-reactive ketones (excluding diaryl/α,β-unsaturated/α-hetero) is 1. The molecule has 3 heteroatoms. The monoisotopic (exact) mass is 177 g/mol. The Balaban J connectivity index is 2.08. The number of rotatable bonds is 3. The van der Waals surface area contributed by atoms with Crippen LogP contribution in [0.3, 0.4) is 0 Å². The van der Waals surface area contributed by atoms with Gasteiger partial charge in [-0.15, -0.1) is 0 Å². The highest BCUT2D eigenvalue weighted by Gasteiger charge is 2.23. The molecule has 1 aliphatic carbocycles. The van der Waals surface area contributed by atoms with E-state index in [4.69, 9.17) is 4.74 Å². The van der Waals surface area contributed by atoms with Crippen LogP contribution in [0.4, 0.5) is 0 Å². The summed E-state index contributed by atoms with van der Waals surface area (Å²) in [4.78, 5) is 14.9. The van der Waals surface area contributed by atoms with Gasteiger partial charge >= 0.3 is 0 Å². The van der Waals surface area contributed by atoms with Crippen LogP contribution in [0.1, 0.15) is 30.1 Å². The molecular formula is C10H11NO2. The molecule has 1 aromatic rings. The van der Waals surface area contributed by atoms with Crippen molar-refractivity contribution in [3.63, 3.8) is 0 Å². The molecule has 1 heterocycles. The Morgan fingerprint density at radius 3 is 2.77 bits per heavy atom. The Morgan fingerprint density at radius 1 is 1.54 bits per heavy atom. The lowest BCUT2D eigenvalue weighted by atomic mass is 10.2. The first-order valence-corrected chi connectivity index (χ1v) is 4.39. The van der Waals surface area contributed by atoms with Crippen molar-refractivity contribution < 1.29 is 9.53 Å². The third-order valence-corrected chi connectivity index (χ3v) is 1.95. The molecule has 1 aromatic heterocycles. The lowest BCUT2D eigenvalue weighted by Gasteiger charge is -2.02. The number of nitrogens with zero attached hydrogens (tertiary/aromatic N) is 1. The zero-order valence-corrected chi connectivity index (χ0v) is 7.49. The first-order chi connectivity index (χ1) is 6.25. The zero-order valence-electron chi connectivity index (χ0n) is 7.49. The van der Waals surface area contributed by atoms with E-state index >= 15 is 0 Å². The summed E-state index contributed by atoms with van der Waals surface area (Å²) in [5.74, 6) is 0.651. The van der Waals surface area contributed by atoms with Gasteiger partial charge in [-0.25, -0.2) is 4.98 Å². The minimum absolute atomic E-state index is 0.0328. The van der Waals surface area contributed by atoms with Crippen LogP contribution in [0.5, 0.6) is 5.88 Å². The van der Waals surface area contributed by atoms with Gasteiger partial charge in [-0.05, 0) is 25.8 Å². The second-order valence-corrected chi connectivity index (χ2v) is 3.26. The Morgan fingerprint density at radius 2 is 2.31 bits per heavy atom. The molecule has 1 aliphatic rings. The summed E-state index contributed by atoms with van der Waals surface area (Å²) in [6.45, 7) is 1.53. The van der Waals surface area contributed by atoms with E-state index in [1.165, 1.54) is 6.92 Å². The lowest BCUT2D eigenvalue weighted by Crippen LogP contribution is -1.99. The minimum atomic E-state index is 0.0328. The van der Waals surface area contributed by atoms with Crippen molar-refractivity contribution in [1.29, 1.82) is 0 Å². The predicted octanol–water partition coefficient (Wildman–Crippen LogP) is 1.83. The molecule has 0 bridgehead atoms. The number of hydrogen-bond donors (Lipinski definition) is 0. The Labute approximate surface area is 76.7 Å². The molecule has 0 atom stereocenters. The van der Waals surface area contributed by atoms with E-state index in [1.54, 1.807) is 18.3 Å². The van der Waals surface area contributed by atoms with Gasteiger partial charge in [-0.2, -0.15) is 0 Å². The molecule has 0 radical (unpaired) electrons. The number of ether oxygens (including phenoxy) is 1. The van der Waals surface area contributed by atoms with Crippen LogP contribution in [0.2, 0.25) is 0 Å². The van der Waals surface area contributed by atoms with Gasteiger partial charge in [0.2, 0.25) is 5.88 Å². The van der Waals surface area contributed by atoms with Gasteiger partial charge in [0.05, 0.1) is 0 Å². The Hall–Kier alpha value is -1.38. The molecule has 2 rings (SSSR count). The SMILES string of the molecule is CC(=O)c1ccc(OC2CC2)nc1. The van der Waals surface area contributed by atoms with Crippen molar-refractivity contribution >= 4 is 5.78 Å². The normalized spacial score (nSPS) is 15.5. The summed E-state index contributed by atoms with van der Waals surface area (Å²) in [5, 5.41) is 0. The highest BCUT2D eigenvalue weighted by atomic mass is 16.5. The van der Waals surface area contributed by atoms with Crippen molar-refractivity contribution in [2.75, 3.05) is 0 Å². The molecule has 1 saturated carbocycles. The molecule has 0 saturated heterocycles. The van der Waals surface area contributed by atoms with Crippen LogP contribution < -0.4 is 4.74 Å². The van der Waals surface area contributed by atoms with Gasteiger partial charge in [0, 0.05) is 17.8 Å². The molecular weight excluding hydrogens is 166 g/mol. The molecule has 0 unspecified atom stereocenters. The highest BCUT2D eigenvalue weighted by molar-refractivity contribution is 5.93. The predicted molar refractivity (Wildman–Crippen MR) is 47.9 cm³/mol. The highest BCUT2D eigenvalue weighted by Crippen LogP contribution is 2.25. The van der Waals surface area contributed by atoms with E-state index in [9.17, 15) is 4.79 Å².